The van der Waals surface area contributed by atoms with Crippen molar-refractivity contribution in [1.29, 1.82) is 0 Å². The first kappa shape index (κ1) is 11.2. The molecule has 18 heavy (non-hydrogen) atoms. The maximum atomic E-state index is 5.76. The molecule has 0 saturated carbocycles. The van der Waals surface area contributed by atoms with Crippen LogP contribution in [0, 0.1) is 6.92 Å². The largest absolute Gasteiger partial charge is 0.397 e. The van der Waals surface area contributed by atoms with E-state index in [-0.39, 0.29) is 0 Å². The van der Waals surface area contributed by atoms with Gasteiger partial charge in [0.25, 0.3) is 0 Å². The molecule has 3 nitrogen and oxygen atoms in total. The predicted octanol–water partition coefficient (Wildman–Crippen LogP) is 3.60. The van der Waals surface area contributed by atoms with E-state index in [0.717, 1.165) is 26.9 Å². The molecule has 90 valence electrons. The van der Waals surface area contributed by atoms with Crippen molar-refractivity contribution in [2.75, 3.05) is 5.73 Å². The lowest BCUT2D eigenvalue weighted by molar-refractivity contribution is 1.06. The average molecular weight is 255 g/mol. The van der Waals surface area contributed by atoms with Gasteiger partial charge in [-0.1, -0.05) is 30.0 Å². The van der Waals surface area contributed by atoms with Gasteiger partial charge in [-0.25, -0.2) is 4.98 Å². The van der Waals surface area contributed by atoms with E-state index in [2.05, 4.69) is 28.2 Å². The molecule has 2 heterocycles. The Labute approximate surface area is 109 Å². The predicted molar refractivity (Wildman–Crippen MR) is 75.8 cm³/mol. The van der Waals surface area contributed by atoms with Crippen molar-refractivity contribution < 1.29 is 0 Å². The van der Waals surface area contributed by atoms with Crippen molar-refractivity contribution in [3.63, 3.8) is 0 Å². The maximum absolute atomic E-state index is 5.76. The summed E-state index contributed by atoms with van der Waals surface area (Å²) >= 11 is 1.61. The number of nitrogen functional groups attached to an aromatic ring is 1. The lowest BCUT2D eigenvalue weighted by atomic mass is 10.3. The van der Waals surface area contributed by atoms with Gasteiger partial charge in [0.2, 0.25) is 0 Å². The molecular weight excluding hydrogens is 242 g/mol. The molecule has 0 aliphatic rings. The lowest BCUT2D eigenvalue weighted by Crippen LogP contribution is -1.93. The number of aromatic nitrogens is 2. The fourth-order valence-electron chi connectivity index (χ4n) is 1.82. The second-order valence-corrected chi connectivity index (χ2v) is 5.21. The summed E-state index contributed by atoms with van der Waals surface area (Å²) in [5, 5.41) is 3.26. The minimum Gasteiger partial charge on any atom is -0.397 e. The summed E-state index contributed by atoms with van der Waals surface area (Å²) in [6, 6.07) is 14.2. The highest BCUT2D eigenvalue weighted by atomic mass is 32.2. The molecule has 0 saturated heterocycles. The van der Waals surface area contributed by atoms with Gasteiger partial charge < -0.3 is 10.7 Å². The normalized spacial score (nSPS) is 10.9. The van der Waals surface area contributed by atoms with E-state index >= 15 is 0 Å². The first-order valence-electron chi connectivity index (χ1n) is 5.71. The smallest absolute Gasteiger partial charge is 0.103 e. The van der Waals surface area contributed by atoms with Gasteiger partial charge in [-0.15, -0.1) is 0 Å². The summed E-state index contributed by atoms with van der Waals surface area (Å²) < 4.78 is 0. The molecule has 0 aliphatic heterocycles. The number of pyridine rings is 1. The van der Waals surface area contributed by atoms with Crippen LogP contribution in [0.15, 0.2) is 52.5 Å². The quantitative estimate of drug-likeness (QED) is 0.735. The second kappa shape index (κ2) is 4.38. The Balaban J connectivity index is 1.93. The van der Waals surface area contributed by atoms with E-state index in [1.54, 1.807) is 11.8 Å². The third-order valence-electron chi connectivity index (χ3n) is 2.82. The number of H-pyrrole nitrogens is 1. The molecule has 0 aliphatic carbocycles. The van der Waals surface area contributed by atoms with Crippen LogP contribution < -0.4 is 5.73 Å². The molecule has 0 amide bonds. The Morgan fingerprint density at radius 3 is 2.78 bits per heavy atom. The van der Waals surface area contributed by atoms with Crippen molar-refractivity contribution in [3.8, 4) is 0 Å². The van der Waals surface area contributed by atoms with E-state index in [1.165, 1.54) is 5.39 Å². The molecule has 2 aromatic heterocycles. The van der Waals surface area contributed by atoms with Crippen LogP contribution in [-0.4, -0.2) is 9.97 Å². The number of aromatic amines is 1. The van der Waals surface area contributed by atoms with Crippen LogP contribution in [0.1, 0.15) is 5.69 Å². The van der Waals surface area contributed by atoms with Crippen molar-refractivity contribution in [1.82, 2.24) is 9.97 Å². The third-order valence-corrected chi connectivity index (χ3v) is 3.70. The highest BCUT2D eigenvalue weighted by Gasteiger charge is 2.04. The minimum atomic E-state index is 0.732. The van der Waals surface area contributed by atoms with E-state index in [4.69, 9.17) is 5.73 Å². The molecule has 3 rings (SSSR count). The van der Waals surface area contributed by atoms with Gasteiger partial charge in [0, 0.05) is 10.9 Å². The first-order valence-corrected chi connectivity index (χ1v) is 6.53. The SMILES string of the molecule is Cc1nc(Sc2cc3ccccc3[nH]2)ccc1N. The van der Waals surface area contributed by atoms with E-state index in [0.29, 0.717) is 0 Å². The molecule has 0 radical (unpaired) electrons. The van der Waals surface area contributed by atoms with Gasteiger partial charge in [-0.05, 0) is 31.2 Å². The van der Waals surface area contributed by atoms with Crippen LogP contribution in [0.25, 0.3) is 10.9 Å². The van der Waals surface area contributed by atoms with E-state index < -0.39 is 0 Å². The average Bonchev–Trinajstić information content (AvgIpc) is 2.76. The van der Waals surface area contributed by atoms with Gasteiger partial charge >= 0.3 is 0 Å². The number of aryl methyl sites for hydroxylation is 1. The number of nitrogens with one attached hydrogen (secondary N) is 1. The molecule has 3 N–H and O–H groups in total. The Hall–Kier alpha value is -1.94. The summed E-state index contributed by atoms with van der Waals surface area (Å²) in [6.45, 7) is 1.92. The topological polar surface area (TPSA) is 54.7 Å². The first-order chi connectivity index (χ1) is 8.72. The Morgan fingerprint density at radius 1 is 1.17 bits per heavy atom. The van der Waals surface area contributed by atoms with Gasteiger partial charge in [-0.3, -0.25) is 0 Å². The van der Waals surface area contributed by atoms with E-state index in [1.807, 2.05) is 31.2 Å². The summed E-state index contributed by atoms with van der Waals surface area (Å²) in [4.78, 5) is 7.83. The van der Waals surface area contributed by atoms with Crippen LogP contribution in [0.2, 0.25) is 0 Å². The molecule has 4 heteroatoms. The van der Waals surface area contributed by atoms with Gasteiger partial charge in [-0.2, -0.15) is 0 Å². The van der Waals surface area contributed by atoms with Crippen molar-refractivity contribution in [2.24, 2.45) is 0 Å². The Kier molecular flexibility index (Phi) is 2.72. The number of anilines is 1. The van der Waals surface area contributed by atoms with Crippen LogP contribution in [0.5, 0.6) is 0 Å². The molecule has 0 spiro atoms. The number of para-hydroxylation sites is 1. The van der Waals surface area contributed by atoms with Gasteiger partial charge in [0.1, 0.15) is 5.03 Å². The number of hydrogen-bond donors (Lipinski definition) is 2. The highest BCUT2D eigenvalue weighted by Crippen LogP contribution is 2.29. The zero-order valence-electron chi connectivity index (χ0n) is 9.97. The highest BCUT2D eigenvalue weighted by molar-refractivity contribution is 7.99. The zero-order chi connectivity index (χ0) is 12.5. The standard InChI is InChI=1S/C14H13N3S/c1-9-11(15)6-7-13(16-9)18-14-8-10-4-2-3-5-12(10)17-14/h2-8,17H,15H2,1H3. The summed E-state index contributed by atoms with van der Waals surface area (Å²) in [7, 11) is 0. The number of fused-ring (bicyclic) bond motifs is 1. The summed E-state index contributed by atoms with van der Waals surface area (Å²) in [5.74, 6) is 0. The fourth-order valence-corrected chi connectivity index (χ4v) is 2.71. The Bertz CT molecular complexity index is 670. The van der Waals surface area contributed by atoms with Crippen molar-refractivity contribution >= 4 is 28.4 Å². The lowest BCUT2D eigenvalue weighted by Gasteiger charge is -2.02. The molecular formula is C14H13N3S. The minimum absolute atomic E-state index is 0.732. The summed E-state index contributed by atoms with van der Waals surface area (Å²) in [6.07, 6.45) is 0. The van der Waals surface area contributed by atoms with E-state index in [9.17, 15) is 0 Å². The molecule has 0 atom stereocenters. The fraction of sp³-hybridized carbons (Fsp3) is 0.0714. The second-order valence-electron chi connectivity index (χ2n) is 4.15. The monoisotopic (exact) mass is 255 g/mol. The van der Waals surface area contributed by atoms with Crippen LogP contribution >= 0.6 is 11.8 Å². The number of nitrogens with two attached hydrogens (primary N) is 1. The molecule has 0 bridgehead atoms. The van der Waals surface area contributed by atoms with Crippen molar-refractivity contribution in [2.45, 2.75) is 17.0 Å². The van der Waals surface area contributed by atoms with Gasteiger partial charge in [0.05, 0.1) is 16.4 Å². The summed E-state index contributed by atoms with van der Waals surface area (Å²) in [5.41, 5.74) is 8.51. The molecule has 1 aromatic carbocycles. The molecule has 3 aromatic rings. The molecule has 0 fully saturated rings. The maximum Gasteiger partial charge on any atom is 0.103 e. The Morgan fingerprint density at radius 2 is 2.00 bits per heavy atom. The zero-order valence-corrected chi connectivity index (χ0v) is 10.8. The number of benzene rings is 1. The number of nitrogens with zero attached hydrogens (tertiary/aromatic N) is 1. The molecule has 0 unspecified atom stereocenters. The van der Waals surface area contributed by atoms with Gasteiger partial charge in [0.15, 0.2) is 0 Å². The number of hydrogen-bond acceptors (Lipinski definition) is 3. The van der Waals surface area contributed by atoms with Crippen LogP contribution in [0.4, 0.5) is 5.69 Å². The third kappa shape index (κ3) is 2.07. The van der Waals surface area contributed by atoms with Crippen LogP contribution in [-0.2, 0) is 0 Å². The van der Waals surface area contributed by atoms with Crippen LogP contribution in [0.3, 0.4) is 0 Å². The number of rotatable bonds is 2. The van der Waals surface area contributed by atoms with Crippen molar-refractivity contribution in [3.05, 3.63) is 48.2 Å².